The van der Waals surface area contributed by atoms with Crippen molar-refractivity contribution in [2.24, 2.45) is 11.7 Å². The van der Waals surface area contributed by atoms with Crippen molar-refractivity contribution in [3.05, 3.63) is 42.2 Å². The van der Waals surface area contributed by atoms with Gasteiger partial charge in [-0.2, -0.15) is 4.57 Å². The minimum Gasteiger partial charge on any atom is -0.460 e. The highest BCUT2D eigenvalue weighted by Crippen LogP contribution is 2.33. The highest BCUT2D eigenvalue weighted by molar-refractivity contribution is 5.92. The Hall–Kier alpha value is -3.27. The van der Waals surface area contributed by atoms with Crippen LogP contribution in [0.25, 0.3) is 0 Å². The topological polar surface area (TPSA) is 135 Å². The molecule has 0 bridgehead atoms. The van der Waals surface area contributed by atoms with Gasteiger partial charge >= 0.3 is 24.1 Å². The first-order valence-corrected chi connectivity index (χ1v) is 10.8. The Labute approximate surface area is 192 Å². The Morgan fingerprint density at radius 2 is 1.85 bits per heavy atom. The summed E-state index contributed by atoms with van der Waals surface area (Å²) in [5.41, 5.74) is 5.61. The van der Waals surface area contributed by atoms with E-state index >= 15 is 0 Å². The smallest absolute Gasteiger partial charge is 0.331 e. The van der Waals surface area contributed by atoms with Gasteiger partial charge in [0.1, 0.15) is 24.4 Å². The molecule has 10 nitrogen and oxygen atoms in total. The normalized spacial score (nSPS) is 22.3. The van der Waals surface area contributed by atoms with Crippen LogP contribution in [-0.2, 0) is 33.3 Å². The first-order valence-electron chi connectivity index (χ1n) is 10.8. The van der Waals surface area contributed by atoms with Gasteiger partial charge in [-0.05, 0) is 18.9 Å². The first kappa shape index (κ1) is 26.0. The maximum atomic E-state index is 12.1. The van der Waals surface area contributed by atoms with Gasteiger partial charge in [-0.15, -0.1) is 0 Å². The summed E-state index contributed by atoms with van der Waals surface area (Å²) < 4.78 is 23.5. The van der Waals surface area contributed by atoms with E-state index in [2.05, 4.69) is 0 Å². The van der Waals surface area contributed by atoms with Crippen LogP contribution in [0.2, 0.25) is 0 Å². The monoisotopic (exact) mass is 463 g/mol. The molecule has 10 heteroatoms. The molecule has 0 radical (unpaired) electrons. The third kappa shape index (κ3) is 7.38. The lowest BCUT2D eigenvalue weighted by Gasteiger charge is -2.17. The van der Waals surface area contributed by atoms with Crippen molar-refractivity contribution in [3.8, 4) is 0 Å². The molecule has 0 saturated carbocycles. The van der Waals surface area contributed by atoms with Crippen molar-refractivity contribution >= 4 is 23.8 Å². The molecule has 2 heterocycles. The van der Waals surface area contributed by atoms with Crippen molar-refractivity contribution in [1.82, 2.24) is 0 Å². The van der Waals surface area contributed by atoms with Crippen molar-refractivity contribution in [2.45, 2.75) is 65.1 Å². The van der Waals surface area contributed by atoms with Crippen LogP contribution in [0.1, 0.15) is 57.1 Å². The van der Waals surface area contributed by atoms with E-state index in [1.807, 2.05) is 13.8 Å². The number of esters is 3. The number of nitrogens with zero attached hydrogens (tertiary/aromatic N) is 1. The second-order valence-corrected chi connectivity index (χ2v) is 7.74. The van der Waals surface area contributed by atoms with Crippen molar-refractivity contribution < 1.29 is 42.7 Å². The van der Waals surface area contributed by atoms with Gasteiger partial charge in [0.15, 0.2) is 18.5 Å². The maximum absolute atomic E-state index is 12.1. The van der Waals surface area contributed by atoms with Crippen molar-refractivity contribution in [1.29, 1.82) is 0 Å². The van der Waals surface area contributed by atoms with Crippen LogP contribution in [0.4, 0.5) is 0 Å². The SMILES string of the molecule is CCC(CC)OC(=O)/C=C/C(=O)OC[C@H]1O[C@@H]([n+]2cccc(C(N)=O)c2)C(OC(C)=O)[C@@H]1C. The standard InChI is InChI=1S/C23H30N2O8/c1-5-17(6-2)32-20(28)10-9-19(27)30-13-18-14(3)21(31-15(4)26)23(33-18)25-11-7-8-16(12-25)22(24)29/h7-12,14,17-18,21,23H,5-6,13H2,1-4H3,(H-,24,29)/p+1/b10-9+/t14-,18-,21?,23-/m1/s1. The molecule has 0 spiro atoms. The Bertz CT molecular complexity index is 896. The number of hydrogen-bond donors (Lipinski definition) is 1. The second kappa shape index (κ2) is 12.1. The van der Waals surface area contributed by atoms with Crippen LogP contribution in [0.3, 0.4) is 0 Å². The van der Waals surface area contributed by atoms with E-state index in [-0.39, 0.29) is 24.2 Å². The van der Waals surface area contributed by atoms with E-state index in [0.29, 0.717) is 12.8 Å². The van der Waals surface area contributed by atoms with E-state index in [4.69, 9.17) is 24.7 Å². The quantitative estimate of drug-likeness (QED) is 0.238. The summed E-state index contributed by atoms with van der Waals surface area (Å²) in [4.78, 5) is 47.0. The first-order chi connectivity index (χ1) is 15.7. The highest BCUT2D eigenvalue weighted by Gasteiger charge is 2.50. The number of nitrogens with two attached hydrogens (primary N) is 1. The maximum Gasteiger partial charge on any atom is 0.331 e. The number of hydrogen-bond acceptors (Lipinski definition) is 8. The molecular weight excluding hydrogens is 432 g/mol. The number of primary amides is 1. The molecule has 180 valence electrons. The molecule has 1 aliphatic heterocycles. The van der Waals surface area contributed by atoms with E-state index in [9.17, 15) is 19.2 Å². The van der Waals surface area contributed by atoms with Crippen LogP contribution in [0.15, 0.2) is 36.7 Å². The molecule has 1 saturated heterocycles. The Morgan fingerprint density at radius 1 is 1.18 bits per heavy atom. The van der Waals surface area contributed by atoms with Gasteiger partial charge in [0.2, 0.25) is 0 Å². The Kier molecular flexibility index (Phi) is 9.53. The number of amides is 1. The number of rotatable bonds is 10. The molecule has 1 aromatic heterocycles. The zero-order chi connectivity index (χ0) is 24.5. The van der Waals surface area contributed by atoms with Gasteiger partial charge in [-0.25, -0.2) is 9.59 Å². The average molecular weight is 464 g/mol. The minimum atomic E-state index is -0.752. The average Bonchev–Trinajstić information content (AvgIpc) is 3.09. The summed E-state index contributed by atoms with van der Waals surface area (Å²) in [5.74, 6) is -2.79. The number of carbonyl (C=O) groups is 4. The van der Waals surface area contributed by atoms with Crippen molar-refractivity contribution in [3.63, 3.8) is 0 Å². The minimum absolute atomic E-state index is 0.129. The Morgan fingerprint density at radius 3 is 2.45 bits per heavy atom. The molecule has 2 rings (SSSR count). The third-order valence-corrected chi connectivity index (χ3v) is 5.34. The lowest BCUT2D eigenvalue weighted by molar-refractivity contribution is -0.765. The van der Waals surface area contributed by atoms with Crippen LogP contribution in [0, 0.1) is 5.92 Å². The number of aromatic nitrogens is 1. The van der Waals surface area contributed by atoms with Gasteiger partial charge < -0.3 is 24.7 Å². The zero-order valence-electron chi connectivity index (χ0n) is 19.3. The zero-order valence-corrected chi connectivity index (χ0v) is 19.3. The van der Waals surface area contributed by atoms with E-state index in [0.717, 1.165) is 12.2 Å². The lowest BCUT2D eigenvalue weighted by atomic mass is 10.0. The summed E-state index contributed by atoms with van der Waals surface area (Å²) in [7, 11) is 0. The predicted octanol–water partition coefficient (Wildman–Crippen LogP) is 1.37. The summed E-state index contributed by atoms with van der Waals surface area (Å²) in [6, 6.07) is 3.18. The summed E-state index contributed by atoms with van der Waals surface area (Å²) in [5, 5.41) is 0. The van der Waals surface area contributed by atoms with Gasteiger partial charge in [0.05, 0.1) is 0 Å². The predicted molar refractivity (Wildman–Crippen MR) is 114 cm³/mol. The van der Waals surface area contributed by atoms with Gasteiger partial charge in [0, 0.05) is 31.1 Å². The van der Waals surface area contributed by atoms with E-state index in [1.165, 1.54) is 13.1 Å². The molecule has 0 aromatic carbocycles. The largest absolute Gasteiger partial charge is 0.460 e. The fraction of sp³-hybridized carbons (Fsp3) is 0.522. The van der Waals surface area contributed by atoms with Gasteiger partial charge in [-0.3, -0.25) is 9.59 Å². The highest BCUT2D eigenvalue weighted by atomic mass is 16.6. The van der Waals surface area contributed by atoms with Gasteiger partial charge in [-0.1, -0.05) is 20.8 Å². The second-order valence-electron chi connectivity index (χ2n) is 7.74. The number of carbonyl (C=O) groups excluding carboxylic acids is 4. The summed E-state index contributed by atoms with van der Waals surface area (Å²) >= 11 is 0. The van der Waals surface area contributed by atoms with Gasteiger partial charge in [0.25, 0.3) is 5.91 Å². The fourth-order valence-electron chi connectivity index (χ4n) is 3.44. The van der Waals surface area contributed by atoms with Crippen LogP contribution >= 0.6 is 0 Å². The molecular formula is C23H31N2O8+. The molecule has 2 N–H and O–H groups in total. The molecule has 1 aromatic rings. The lowest BCUT2D eigenvalue weighted by Crippen LogP contribution is -2.46. The van der Waals surface area contributed by atoms with Crippen molar-refractivity contribution in [2.75, 3.05) is 6.61 Å². The van der Waals surface area contributed by atoms with Crippen LogP contribution in [0.5, 0.6) is 0 Å². The molecule has 1 unspecified atom stereocenters. The molecule has 0 aliphatic carbocycles. The third-order valence-electron chi connectivity index (χ3n) is 5.34. The van der Waals surface area contributed by atoms with Crippen LogP contribution in [-0.4, -0.2) is 48.7 Å². The van der Waals surface area contributed by atoms with E-state index in [1.54, 1.807) is 29.8 Å². The van der Waals surface area contributed by atoms with E-state index < -0.39 is 42.3 Å². The molecule has 4 atom stereocenters. The fourth-order valence-corrected chi connectivity index (χ4v) is 3.44. The summed E-state index contributed by atoms with van der Waals surface area (Å²) in [6.07, 6.45) is 4.30. The molecule has 33 heavy (non-hydrogen) atoms. The molecule has 1 amide bonds. The molecule has 1 aliphatic rings. The molecule has 1 fully saturated rings. The Balaban J connectivity index is 2.04. The number of ether oxygens (including phenoxy) is 4. The summed E-state index contributed by atoms with van der Waals surface area (Å²) in [6.45, 7) is 6.76. The number of pyridine rings is 1. The van der Waals surface area contributed by atoms with Crippen LogP contribution < -0.4 is 10.3 Å².